The lowest BCUT2D eigenvalue weighted by Crippen LogP contribution is -2.10. The molecule has 0 spiro atoms. The first-order valence-corrected chi connectivity index (χ1v) is 3.93. The van der Waals surface area contributed by atoms with Gasteiger partial charge in [-0.25, -0.2) is 8.78 Å². The van der Waals surface area contributed by atoms with Gasteiger partial charge >= 0.3 is 0 Å². The maximum atomic E-state index is 13.0. The lowest BCUT2D eigenvalue weighted by atomic mass is 10.0. The van der Waals surface area contributed by atoms with E-state index < -0.39 is 5.92 Å². The van der Waals surface area contributed by atoms with Crippen LogP contribution in [0.4, 0.5) is 8.78 Å². The number of aromatic nitrogens is 1. The zero-order valence-electron chi connectivity index (χ0n) is 7.64. The van der Waals surface area contributed by atoms with Crippen molar-refractivity contribution in [2.75, 3.05) is 0 Å². The van der Waals surface area contributed by atoms with Crippen molar-refractivity contribution in [1.29, 1.82) is 0 Å². The van der Waals surface area contributed by atoms with Crippen LogP contribution in [0.25, 0.3) is 6.08 Å². The number of rotatable bonds is 2. The van der Waals surface area contributed by atoms with Gasteiger partial charge in [-0.1, -0.05) is 6.58 Å². The van der Waals surface area contributed by atoms with E-state index in [1.807, 2.05) is 0 Å². The van der Waals surface area contributed by atoms with Crippen LogP contribution >= 0.6 is 0 Å². The molecule has 1 aromatic heterocycles. The molecule has 0 aliphatic heterocycles. The molecule has 0 aliphatic rings. The lowest BCUT2D eigenvalue weighted by molar-refractivity contribution is 0.0167. The Bertz CT molecular complexity index is 326. The fraction of sp³-hybridized carbons (Fsp3) is 0.300. The van der Waals surface area contributed by atoms with Crippen LogP contribution in [0.1, 0.15) is 23.7 Å². The van der Waals surface area contributed by atoms with Gasteiger partial charge < -0.3 is 0 Å². The van der Waals surface area contributed by atoms with Crippen LogP contribution in [0.2, 0.25) is 0 Å². The Labute approximate surface area is 76.1 Å². The molecule has 0 aliphatic carbocycles. The van der Waals surface area contributed by atoms with Crippen molar-refractivity contribution in [3.63, 3.8) is 0 Å². The van der Waals surface area contributed by atoms with Gasteiger partial charge in [-0.3, -0.25) is 4.98 Å². The molecule has 0 saturated carbocycles. The maximum Gasteiger partial charge on any atom is 0.270 e. The Kier molecular flexibility index (Phi) is 2.45. The van der Waals surface area contributed by atoms with Crippen LogP contribution in [-0.4, -0.2) is 4.98 Å². The topological polar surface area (TPSA) is 12.9 Å². The lowest BCUT2D eigenvalue weighted by Gasteiger charge is -2.14. The number of hydrogen-bond donors (Lipinski definition) is 0. The predicted octanol–water partition coefficient (Wildman–Crippen LogP) is 3.14. The van der Waals surface area contributed by atoms with E-state index in [-0.39, 0.29) is 5.56 Å². The van der Waals surface area contributed by atoms with E-state index >= 15 is 0 Å². The van der Waals surface area contributed by atoms with E-state index in [9.17, 15) is 8.78 Å². The van der Waals surface area contributed by atoms with Crippen LogP contribution in [-0.2, 0) is 5.92 Å². The molecule has 0 N–H and O–H groups in total. The summed E-state index contributed by atoms with van der Waals surface area (Å²) in [5.41, 5.74) is 1.02. The molecule has 1 nitrogen and oxygen atoms in total. The van der Waals surface area contributed by atoms with Gasteiger partial charge in [0.25, 0.3) is 5.92 Å². The van der Waals surface area contributed by atoms with Crippen LogP contribution in [0.3, 0.4) is 0 Å². The molecule has 13 heavy (non-hydrogen) atoms. The third-order valence-electron chi connectivity index (χ3n) is 1.91. The highest BCUT2D eigenvalue weighted by Gasteiger charge is 2.26. The molecule has 1 heterocycles. The van der Waals surface area contributed by atoms with Crippen LogP contribution in [0.15, 0.2) is 18.8 Å². The zero-order chi connectivity index (χ0) is 10.1. The summed E-state index contributed by atoms with van der Waals surface area (Å²) in [4.78, 5) is 3.92. The first-order valence-electron chi connectivity index (χ1n) is 3.93. The van der Waals surface area contributed by atoms with Gasteiger partial charge in [0.05, 0.1) is 5.69 Å². The van der Waals surface area contributed by atoms with E-state index in [1.54, 1.807) is 6.92 Å². The minimum Gasteiger partial charge on any atom is -0.257 e. The molecule has 0 saturated heterocycles. The van der Waals surface area contributed by atoms with Crippen molar-refractivity contribution in [3.05, 3.63) is 35.7 Å². The molecule has 0 fully saturated rings. The molecule has 0 aromatic carbocycles. The molecule has 0 amide bonds. The average molecular weight is 183 g/mol. The van der Waals surface area contributed by atoms with Gasteiger partial charge in [-0.2, -0.15) is 0 Å². The van der Waals surface area contributed by atoms with E-state index in [4.69, 9.17) is 0 Å². The number of halogens is 2. The van der Waals surface area contributed by atoms with Gasteiger partial charge in [0.2, 0.25) is 0 Å². The first-order chi connectivity index (χ1) is 5.96. The van der Waals surface area contributed by atoms with Gasteiger partial charge in [0.1, 0.15) is 0 Å². The summed E-state index contributed by atoms with van der Waals surface area (Å²) < 4.78 is 25.9. The molecule has 1 rings (SSSR count). The first kappa shape index (κ1) is 9.84. The Morgan fingerprint density at radius 3 is 2.62 bits per heavy atom. The molecular formula is C10H11F2N. The summed E-state index contributed by atoms with van der Waals surface area (Å²) in [5.74, 6) is -2.81. The van der Waals surface area contributed by atoms with E-state index in [2.05, 4.69) is 11.6 Å². The summed E-state index contributed by atoms with van der Waals surface area (Å²) in [7, 11) is 0. The largest absolute Gasteiger partial charge is 0.270 e. The van der Waals surface area contributed by atoms with Crippen molar-refractivity contribution < 1.29 is 8.78 Å². The number of alkyl halides is 2. The fourth-order valence-electron chi connectivity index (χ4n) is 1.23. The fourth-order valence-corrected chi connectivity index (χ4v) is 1.23. The van der Waals surface area contributed by atoms with Gasteiger partial charge in [-0.15, -0.1) is 0 Å². The summed E-state index contributed by atoms with van der Waals surface area (Å²) in [6.07, 6.45) is 2.85. The molecule has 70 valence electrons. The Morgan fingerprint density at radius 2 is 2.15 bits per heavy atom. The standard InChI is InChI=1S/C10H11F2N/c1-4-9-7(2)8(5-6-13-9)10(3,11)12/h4-6H,1H2,2-3H3. The Hall–Kier alpha value is -1.25. The van der Waals surface area contributed by atoms with Gasteiger partial charge in [0.15, 0.2) is 0 Å². The van der Waals surface area contributed by atoms with Gasteiger partial charge in [0, 0.05) is 18.7 Å². The summed E-state index contributed by atoms with van der Waals surface area (Å²) >= 11 is 0. The van der Waals surface area contributed by atoms with Crippen molar-refractivity contribution in [3.8, 4) is 0 Å². The number of hydrogen-bond acceptors (Lipinski definition) is 1. The SMILES string of the molecule is C=Cc1nccc(C(C)(F)F)c1C. The van der Waals surface area contributed by atoms with Crippen LogP contribution in [0.5, 0.6) is 0 Å². The third-order valence-corrected chi connectivity index (χ3v) is 1.91. The van der Waals surface area contributed by atoms with Crippen molar-refractivity contribution in [2.45, 2.75) is 19.8 Å². The second-order valence-electron chi connectivity index (χ2n) is 2.96. The van der Waals surface area contributed by atoms with Crippen LogP contribution in [0, 0.1) is 6.92 Å². The third kappa shape index (κ3) is 1.91. The zero-order valence-corrected chi connectivity index (χ0v) is 7.64. The highest BCUT2D eigenvalue weighted by molar-refractivity contribution is 5.49. The smallest absolute Gasteiger partial charge is 0.257 e. The number of pyridine rings is 1. The second kappa shape index (κ2) is 3.24. The average Bonchev–Trinajstić information content (AvgIpc) is 2.02. The number of nitrogens with zero attached hydrogens (tertiary/aromatic N) is 1. The molecule has 1 aromatic rings. The Morgan fingerprint density at radius 1 is 1.54 bits per heavy atom. The minimum atomic E-state index is -2.81. The molecule has 0 unspecified atom stereocenters. The summed E-state index contributed by atoms with van der Waals surface area (Å²) in [6.45, 7) is 6.01. The highest BCUT2D eigenvalue weighted by Crippen LogP contribution is 2.30. The van der Waals surface area contributed by atoms with Gasteiger partial charge in [-0.05, 0) is 24.6 Å². The molecule has 0 bridgehead atoms. The normalized spacial score (nSPS) is 11.4. The van der Waals surface area contributed by atoms with Crippen molar-refractivity contribution >= 4 is 6.08 Å². The van der Waals surface area contributed by atoms with E-state index in [0.717, 1.165) is 6.92 Å². The van der Waals surface area contributed by atoms with Crippen molar-refractivity contribution in [1.82, 2.24) is 4.98 Å². The molecule has 3 heteroatoms. The Balaban J connectivity index is 3.32. The van der Waals surface area contributed by atoms with E-state index in [1.165, 1.54) is 18.3 Å². The summed E-state index contributed by atoms with van der Waals surface area (Å²) in [5, 5.41) is 0. The monoisotopic (exact) mass is 183 g/mol. The summed E-state index contributed by atoms with van der Waals surface area (Å²) in [6, 6.07) is 1.34. The molecular weight excluding hydrogens is 172 g/mol. The molecule has 0 atom stereocenters. The highest BCUT2D eigenvalue weighted by atomic mass is 19.3. The second-order valence-corrected chi connectivity index (χ2v) is 2.96. The quantitative estimate of drug-likeness (QED) is 0.686. The van der Waals surface area contributed by atoms with E-state index in [0.29, 0.717) is 11.3 Å². The minimum absolute atomic E-state index is 0.0115. The van der Waals surface area contributed by atoms with Crippen LogP contribution < -0.4 is 0 Å². The molecule has 0 radical (unpaired) electrons. The maximum absolute atomic E-state index is 13.0. The van der Waals surface area contributed by atoms with Crippen molar-refractivity contribution in [2.24, 2.45) is 0 Å². The predicted molar refractivity (Wildman–Crippen MR) is 48.6 cm³/mol.